The maximum absolute atomic E-state index is 15.7. The highest BCUT2D eigenvalue weighted by molar-refractivity contribution is 6.05. The van der Waals surface area contributed by atoms with E-state index in [2.05, 4.69) is 10.1 Å². The Labute approximate surface area is 216 Å². The number of hydrogen-bond acceptors (Lipinski definition) is 5. The molecule has 0 N–H and O–H groups in total. The van der Waals surface area contributed by atoms with Crippen molar-refractivity contribution in [2.75, 3.05) is 6.61 Å². The largest absolute Gasteiger partial charge is 0.493 e. The standard InChI is InChI=1S/C28H22F3N4O3/c1-3-37-21-9-11-35(28(36)13-21,20-6-4-19(29)5-7-20)26-14-24(31)27(15-23(26)30)38-22-8-10-32-25(12-22)18-16-33-34(2)17-18/h4-17H,3H2,1-2H3/q+1. The zero-order valence-corrected chi connectivity index (χ0v) is 20.4. The minimum absolute atomic E-state index is 0.210. The number of ether oxygens (including phenoxy) is 2. The van der Waals surface area contributed by atoms with Crippen molar-refractivity contribution in [2.24, 2.45) is 7.05 Å². The summed E-state index contributed by atoms with van der Waals surface area (Å²) >= 11 is 0. The summed E-state index contributed by atoms with van der Waals surface area (Å²) in [7, 11) is 1.76. The summed E-state index contributed by atoms with van der Waals surface area (Å²) in [6.07, 6.45) is 8.93. The Morgan fingerprint density at radius 2 is 1.82 bits per heavy atom. The quantitative estimate of drug-likeness (QED) is 0.268. The number of halogens is 3. The molecule has 0 saturated heterocycles. The summed E-state index contributed by atoms with van der Waals surface area (Å²) in [6, 6.07) is 9.84. The second-order valence-electron chi connectivity index (χ2n) is 8.45. The van der Waals surface area contributed by atoms with E-state index in [1.807, 2.05) is 0 Å². The van der Waals surface area contributed by atoms with Crippen molar-refractivity contribution in [1.29, 1.82) is 0 Å². The Bertz CT molecular complexity index is 1580. The molecule has 10 heteroatoms. The molecule has 1 atom stereocenters. The molecule has 0 aliphatic carbocycles. The van der Waals surface area contributed by atoms with Gasteiger partial charge in [0.15, 0.2) is 28.8 Å². The average molecular weight is 520 g/mol. The summed E-state index contributed by atoms with van der Waals surface area (Å²) in [4.78, 5) is 17.7. The van der Waals surface area contributed by atoms with Crippen molar-refractivity contribution < 1.29 is 27.4 Å². The molecule has 0 spiro atoms. The number of rotatable bonds is 7. The van der Waals surface area contributed by atoms with E-state index in [0.29, 0.717) is 12.3 Å². The highest BCUT2D eigenvalue weighted by Crippen LogP contribution is 2.42. The highest BCUT2D eigenvalue weighted by Gasteiger charge is 2.44. The van der Waals surface area contributed by atoms with Gasteiger partial charge in [0, 0.05) is 61.4 Å². The fourth-order valence-corrected chi connectivity index (χ4v) is 4.19. The molecule has 1 amide bonds. The third-order valence-electron chi connectivity index (χ3n) is 5.96. The molecule has 4 aromatic rings. The molecule has 192 valence electrons. The predicted octanol–water partition coefficient (Wildman–Crippen LogP) is 6.31. The molecule has 0 fully saturated rings. The first-order chi connectivity index (χ1) is 18.3. The van der Waals surface area contributed by atoms with Crippen LogP contribution in [0.25, 0.3) is 11.3 Å². The van der Waals surface area contributed by atoms with Crippen LogP contribution >= 0.6 is 0 Å². The second kappa shape index (κ2) is 9.98. The number of aryl methyl sites for hydroxylation is 1. The SMILES string of the molecule is CCOC1=CC(=O)[N+](c2ccc(F)cc2)(c2cc(F)c(Oc3ccnc(-c4cnn(C)c4)c3)cc2F)C=C1. The van der Waals surface area contributed by atoms with Gasteiger partial charge in [0.05, 0.1) is 24.6 Å². The molecule has 0 saturated carbocycles. The number of aromatic nitrogens is 3. The molecule has 0 bridgehead atoms. The molecule has 7 nitrogen and oxygen atoms in total. The van der Waals surface area contributed by atoms with Gasteiger partial charge in [-0.2, -0.15) is 9.58 Å². The van der Waals surface area contributed by atoms with Crippen molar-refractivity contribution >= 4 is 17.3 Å². The zero-order valence-electron chi connectivity index (χ0n) is 20.4. The lowest BCUT2D eigenvalue weighted by Gasteiger charge is -2.32. The van der Waals surface area contributed by atoms with E-state index in [0.717, 1.165) is 29.8 Å². The number of carbonyl (C=O) groups excluding carboxylic acids is 1. The molecule has 2 aromatic carbocycles. The van der Waals surface area contributed by atoms with E-state index < -0.39 is 27.8 Å². The van der Waals surface area contributed by atoms with Gasteiger partial charge in [0.25, 0.3) is 0 Å². The Morgan fingerprint density at radius 1 is 1.03 bits per heavy atom. The number of benzene rings is 2. The van der Waals surface area contributed by atoms with E-state index >= 15 is 8.78 Å². The summed E-state index contributed by atoms with van der Waals surface area (Å²) in [5.74, 6) is -2.85. The van der Waals surface area contributed by atoms with E-state index in [-0.39, 0.29) is 28.6 Å². The second-order valence-corrected chi connectivity index (χ2v) is 8.45. The van der Waals surface area contributed by atoms with E-state index in [9.17, 15) is 9.18 Å². The highest BCUT2D eigenvalue weighted by atomic mass is 19.1. The van der Waals surface area contributed by atoms with Gasteiger partial charge in [-0.25, -0.2) is 18.0 Å². The first-order valence-electron chi connectivity index (χ1n) is 11.7. The molecule has 5 rings (SSSR count). The molecule has 3 heterocycles. The van der Waals surface area contributed by atoms with Crippen LogP contribution in [-0.2, 0) is 16.6 Å². The minimum Gasteiger partial charge on any atom is -0.493 e. The van der Waals surface area contributed by atoms with E-state index in [1.54, 1.807) is 37.1 Å². The van der Waals surface area contributed by atoms with Crippen LogP contribution in [0.15, 0.2) is 91.2 Å². The van der Waals surface area contributed by atoms with Gasteiger partial charge < -0.3 is 9.47 Å². The molecule has 38 heavy (non-hydrogen) atoms. The van der Waals surface area contributed by atoms with Crippen molar-refractivity contribution in [1.82, 2.24) is 19.2 Å². The van der Waals surface area contributed by atoms with Gasteiger partial charge in [-0.3, -0.25) is 9.67 Å². The van der Waals surface area contributed by atoms with Gasteiger partial charge in [0.1, 0.15) is 23.5 Å². The van der Waals surface area contributed by atoms with Gasteiger partial charge in [-0.1, -0.05) is 0 Å². The fraction of sp³-hybridized carbons (Fsp3) is 0.107. The van der Waals surface area contributed by atoms with Crippen molar-refractivity contribution in [3.05, 3.63) is 109 Å². The van der Waals surface area contributed by atoms with Crippen LogP contribution in [0.4, 0.5) is 24.5 Å². The molecular weight excluding hydrogens is 497 g/mol. The molecule has 0 radical (unpaired) electrons. The lowest BCUT2D eigenvalue weighted by Crippen LogP contribution is -2.46. The zero-order chi connectivity index (χ0) is 26.9. The molecular formula is C28H22F3N4O3+. The maximum atomic E-state index is 15.7. The van der Waals surface area contributed by atoms with Crippen molar-refractivity contribution in [3.63, 3.8) is 0 Å². The maximum Gasteiger partial charge on any atom is 0.357 e. The lowest BCUT2D eigenvalue weighted by atomic mass is 10.1. The molecule has 2 aromatic heterocycles. The summed E-state index contributed by atoms with van der Waals surface area (Å²) in [5, 5.41) is 4.10. The Kier molecular flexibility index (Phi) is 6.56. The molecule has 1 unspecified atom stereocenters. The Hall–Kier alpha value is -4.70. The topological polar surface area (TPSA) is 66.2 Å². The smallest absolute Gasteiger partial charge is 0.357 e. The number of amides is 1. The van der Waals surface area contributed by atoms with Gasteiger partial charge in [0.2, 0.25) is 0 Å². The average Bonchev–Trinajstić information content (AvgIpc) is 3.34. The number of nitrogens with zero attached hydrogens (tertiary/aromatic N) is 4. The van der Waals surface area contributed by atoms with Crippen LogP contribution in [0, 0.1) is 17.5 Å². The molecule has 1 aliphatic rings. The normalized spacial score (nSPS) is 16.9. The van der Waals surface area contributed by atoms with Crippen LogP contribution in [0.5, 0.6) is 11.5 Å². The third kappa shape index (κ3) is 4.57. The summed E-state index contributed by atoms with van der Waals surface area (Å²) < 4.78 is 56.6. The lowest BCUT2D eigenvalue weighted by molar-refractivity contribution is -0.121. The Morgan fingerprint density at radius 3 is 2.50 bits per heavy atom. The van der Waals surface area contributed by atoms with Crippen LogP contribution in [0.3, 0.4) is 0 Å². The Balaban J connectivity index is 1.55. The summed E-state index contributed by atoms with van der Waals surface area (Å²) in [5.41, 5.74) is 1.16. The first-order valence-corrected chi connectivity index (χ1v) is 11.7. The number of allylic oxidation sites excluding steroid dienone is 1. The third-order valence-corrected chi connectivity index (χ3v) is 5.96. The van der Waals surface area contributed by atoms with Crippen LogP contribution < -0.4 is 9.22 Å². The fourth-order valence-electron chi connectivity index (χ4n) is 4.19. The number of carbonyl (C=O) groups is 1. The first kappa shape index (κ1) is 25.0. The van der Waals surface area contributed by atoms with E-state index in [4.69, 9.17) is 9.47 Å². The minimum atomic E-state index is -0.904. The van der Waals surface area contributed by atoms with Gasteiger partial charge in [-0.15, -0.1) is 0 Å². The van der Waals surface area contributed by atoms with Crippen LogP contribution in [-0.4, -0.2) is 27.3 Å². The van der Waals surface area contributed by atoms with Crippen LogP contribution in [0.1, 0.15) is 6.92 Å². The predicted molar refractivity (Wildman–Crippen MR) is 135 cm³/mol. The van der Waals surface area contributed by atoms with Crippen molar-refractivity contribution in [2.45, 2.75) is 6.92 Å². The van der Waals surface area contributed by atoms with Crippen LogP contribution in [0.2, 0.25) is 0 Å². The van der Waals surface area contributed by atoms with Gasteiger partial charge in [-0.05, 0) is 25.1 Å². The monoisotopic (exact) mass is 519 g/mol. The number of quaternary nitrogens is 1. The van der Waals surface area contributed by atoms with Gasteiger partial charge >= 0.3 is 5.91 Å². The molecule has 1 aliphatic heterocycles. The van der Waals surface area contributed by atoms with Crippen molar-refractivity contribution in [3.8, 4) is 22.8 Å². The number of hydrogen-bond donors (Lipinski definition) is 0. The summed E-state index contributed by atoms with van der Waals surface area (Å²) in [6.45, 7) is 2.07. The van der Waals surface area contributed by atoms with E-state index in [1.165, 1.54) is 42.7 Å². The number of pyridine rings is 1.